The molecule has 1 aliphatic heterocycles. The van der Waals surface area contributed by atoms with Crippen LogP contribution in [0.15, 0.2) is 46.3 Å². The van der Waals surface area contributed by atoms with Crippen molar-refractivity contribution >= 4 is 17.7 Å². The fraction of sp³-hybridized carbons (Fsp3) is 0.412. The first-order chi connectivity index (χ1) is 11.8. The van der Waals surface area contributed by atoms with Crippen LogP contribution in [0.25, 0.3) is 11.5 Å². The van der Waals surface area contributed by atoms with Crippen molar-refractivity contribution in [1.29, 1.82) is 0 Å². The average molecular weight is 344 g/mol. The van der Waals surface area contributed by atoms with Crippen LogP contribution in [0.2, 0.25) is 0 Å². The third-order valence-electron chi connectivity index (χ3n) is 3.84. The van der Waals surface area contributed by atoms with Gasteiger partial charge >= 0.3 is 0 Å². The molecule has 6 nitrogen and oxygen atoms in total. The Morgan fingerprint density at radius 3 is 3.00 bits per heavy atom. The second kappa shape index (κ2) is 8.10. The fourth-order valence-electron chi connectivity index (χ4n) is 2.65. The predicted octanol–water partition coefficient (Wildman–Crippen LogP) is 3.18. The molecular formula is C17H20N4O2S. The summed E-state index contributed by atoms with van der Waals surface area (Å²) in [6.45, 7) is 2.86. The fourth-order valence-corrected chi connectivity index (χ4v) is 3.34. The van der Waals surface area contributed by atoms with Crippen LogP contribution in [-0.4, -0.2) is 44.3 Å². The minimum absolute atomic E-state index is 0.180. The Labute approximate surface area is 145 Å². The van der Waals surface area contributed by atoms with E-state index in [2.05, 4.69) is 34.3 Å². The highest BCUT2D eigenvalue weighted by atomic mass is 32.2. The minimum atomic E-state index is 0.180. The number of hydrogen-bond donors (Lipinski definition) is 0. The lowest BCUT2D eigenvalue weighted by Gasteiger charge is -2.24. The first-order valence-corrected chi connectivity index (χ1v) is 9.09. The normalized spacial score (nSPS) is 16.7. The van der Waals surface area contributed by atoms with Crippen molar-refractivity contribution in [3.05, 3.63) is 36.7 Å². The van der Waals surface area contributed by atoms with Crippen LogP contribution in [0, 0.1) is 0 Å². The van der Waals surface area contributed by atoms with E-state index in [0.29, 0.717) is 23.3 Å². The summed E-state index contributed by atoms with van der Waals surface area (Å²) in [4.78, 5) is 18.3. The van der Waals surface area contributed by atoms with Crippen molar-refractivity contribution in [1.82, 2.24) is 20.1 Å². The lowest BCUT2D eigenvalue weighted by Crippen LogP contribution is -2.36. The number of carbonyl (C=O) groups excluding carboxylic acids is 1. The Kier molecular flexibility index (Phi) is 5.63. The van der Waals surface area contributed by atoms with Crippen LogP contribution >= 0.6 is 11.8 Å². The standard InChI is InChI=1S/C17H20N4O2S/c1-2-4-14-5-3-11-21(14)15(22)8-12-24-17-20-19-16(23-17)13-6-9-18-10-7-13/h3,5-7,9-10,14H,2,4,8,11-12H2,1H3. The summed E-state index contributed by atoms with van der Waals surface area (Å²) in [6.07, 6.45) is 10.1. The Hall–Kier alpha value is -2.15. The molecule has 3 heterocycles. The molecule has 0 bridgehead atoms. The van der Waals surface area contributed by atoms with Gasteiger partial charge in [0.15, 0.2) is 0 Å². The van der Waals surface area contributed by atoms with Crippen LogP contribution in [0.4, 0.5) is 0 Å². The zero-order chi connectivity index (χ0) is 16.8. The molecule has 24 heavy (non-hydrogen) atoms. The highest BCUT2D eigenvalue weighted by molar-refractivity contribution is 7.99. The number of thioether (sulfide) groups is 1. The van der Waals surface area contributed by atoms with Crippen molar-refractivity contribution in [3.63, 3.8) is 0 Å². The summed E-state index contributed by atoms with van der Waals surface area (Å²) >= 11 is 1.41. The molecule has 1 atom stereocenters. The molecule has 0 saturated heterocycles. The van der Waals surface area contributed by atoms with E-state index >= 15 is 0 Å². The summed E-state index contributed by atoms with van der Waals surface area (Å²) in [7, 11) is 0. The molecule has 1 aliphatic rings. The monoisotopic (exact) mass is 344 g/mol. The van der Waals surface area contributed by atoms with E-state index < -0.39 is 0 Å². The van der Waals surface area contributed by atoms with Crippen LogP contribution in [-0.2, 0) is 4.79 Å². The molecule has 1 unspecified atom stereocenters. The van der Waals surface area contributed by atoms with Gasteiger partial charge in [0.2, 0.25) is 11.8 Å². The number of nitrogens with zero attached hydrogens (tertiary/aromatic N) is 4. The second-order valence-corrected chi connectivity index (χ2v) is 6.58. The van der Waals surface area contributed by atoms with E-state index in [4.69, 9.17) is 4.42 Å². The molecule has 0 N–H and O–H groups in total. The maximum atomic E-state index is 12.3. The van der Waals surface area contributed by atoms with Crippen LogP contribution in [0.5, 0.6) is 0 Å². The summed E-state index contributed by atoms with van der Waals surface area (Å²) in [6, 6.07) is 3.90. The summed E-state index contributed by atoms with van der Waals surface area (Å²) in [5, 5.41) is 8.53. The van der Waals surface area contributed by atoms with Gasteiger partial charge in [0, 0.05) is 36.7 Å². The molecule has 2 aromatic rings. The Morgan fingerprint density at radius 2 is 2.21 bits per heavy atom. The second-order valence-electron chi connectivity index (χ2n) is 5.54. The Balaban J connectivity index is 1.48. The van der Waals surface area contributed by atoms with E-state index in [0.717, 1.165) is 24.9 Å². The van der Waals surface area contributed by atoms with E-state index in [-0.39, 0.29) is 11.9 Å². The summed E-state index contributed by atoms with van der Waals surface area (Å²) in [5.74, 6) is 1.28. The summed E-state index contributed by atoms with van der Waals surface area (Å²) < 4.78 is 5.61. The van der Waals surface area contributed by atoms with Crippen LogP contribution in [0.1, 0.15) is 26.2 Å². The Bertz CT molecular complexity index is 702. The van der Waals surface area contributed by atoms with E-state index in [1.807, 2.05) is 17.0 Å². The molecule has 126 valence electrons. The molecule has 0 aromatic carbocycles. The van der Waals surface area contributed by atoms with Gasteiger partial charge in [-0.2, -0.15) is 0 Å². The minimum Gasteiger partial charge on any atom is -0.411 e. The number of aromatic nitrogens is 3. The number of amides is 1. The topological polar surface area (TPSA) is 72.1 Å². The van der Waals surface area contributed by atoms with Crippen molar-refractivity contribution in [2.24, 2.45) is 0 Å². The van der Waals surface area contributed by atoms with Crippen molar-refractivity contribution in [2.45, 2.75) is 37.5 Å². The van der Waals surface area contributed by atoms with Gasteiger partial charge < -0.3 is 9.32 Å². The molecule has 0 fully saturated rings. The van der Waals surface area contributed by atoms with Crippen LogP contribution in [0.3, 0.4) is 0 Å². The number of rotatable bonds is 7. The zero-order valence-electron chi connectivity index (χ0n) is 13.6. The van der Waals surface area contributed by atoms with Gasteiger partial charge in [-0.1, -0.05) is 37.3 Å². The number of carbonyl (C=O) groups is 1. The van der Waals surface area contributed by atoms with Gasteiger partial charge in [0.25, 0.3) is 5.22 Å². The van der Waals surface area contributed by atoms with Gasteiger partial charge in [-0.05, 0) is 18.6 Å². The smallest absolute Gasteiger partial charge is 0.276 e. The van der Waals surface area contributed by atoms with Gasteiger partial charge in [-0.15, -0.1) is 10.2 Å². The first-order valence-electron chi connectivity index (χ1n) is 8.10. The van der Waals surface area contributed by atoms with Crippen LogP contribution < -0.4 is 0 Å². The third kappa shape index (κ3) is 4.03. The largest absolute Gasteiger partial charge is 0.411 e. The third-order valence-corrected chi connectivity index (χ3v) is 4.66. The quantitative estimate of drug-likeness (QED) is 0.567. The maximum absolute atomic E-state index is 12.3. The average Bonchev–Trinajstić information content (AvgIpc) is 3.25. The molecule has 0 spiro atoms. The van der Waals surface area contributed by atoms with Crippen molar-refractivity contribution in [2.75, 3.05) is 12.3 Å². The molecule has 3 rings (SSSR count). The molecular weight excluding hydrogens is 324 g/mol. The van der Waals surface area contributed by atoms with Crippen molar-refractivity contribution in [3.8, 4) is 11.5 Å². The van der Waals surface area contributed by atoms with Gasteiger partial charge in [-0.3, -0.25) is 9.78 Å². The highest BCUT2D eigenvalue weighted by Gasteiger charge is 2.23. The van der Waals surface area contributed by atoms with E-state index in [9.17, 15) is 4.79 Å². The molecule has 7 heteroatoms. The van der Waals surface area contributed by atoms with E-state index in [1.165, 1.54) is 11.8 Å². The first kappa shape index (κ1) is 16.7. The Morgan fingerprint density at radius 1 is 1.38 bits per heavy atom. The van der Waals surface area contributed by atoms with E-state index in [1.54, 1.807) is 12.4 Å². The lowest BCUT2D eigenvalue weighted by molar-refractivity contribution is -0.131. The maximum Gasteiger partial charge on any atom is 0.276 e. The summed E-state index contributed by atoms with van der Waals surface area (Å²) in [5.41, 5.74) is 0.839. The SMILES string of the molecule is CCCC1C=CCN1C(=O)CCSc1nnc(-c2ccncc2)o1. The van der Waals surface area contributed by atoms with Crippen molar-refractivity contribution < 1.29 is 9.21 Å². The molecule has 0 aliphatic carbocycles. The molecule has 2 aromatic heterocycles. The van der Waals surface area contributed by atoms with Gasteiger partial charge in [-0.25, -0.2) is 0 Å². The lowest BCUT2D eigenvalue weighted by atomic mass is 10.1. The molecule has 0 saturated carbocycles. The molecule has 0 radical (unpaired) electrons. The predicted molar refractivity (Wildman–Crippen MR) is 92.4 cm³/mol. The highest BCUT2D eigenvalue weighted by Crippen LogP contribution is 2.24. The molecule has 1 amide bonds. The van der Waals surface area contributed by atoms with Gasteiger partial charge in [0.05, 0.1) is 6.04 Å². The number of pyridine rings is 1. The van der Waals surface area contributed by atoms with Gasteiger partial charge in [0.1, 0.15) is 0 Å². The number of hydrogen-bond acceptors (Lipinski definition) is 6. The zero-order valence-corrected chi connectivity index (χ0v) is 14.4.